The van der Waals surface area contributed by atoms with Crippen LogP contribution in [0, 0.1) is 5.92 Å². The molecule has 0 rings (SSSR count). The van der Waals surface area contributed by atoms with Crippen molar-refractivity contribution in [2.75, 3.05) is 26.8 Å². The summed E-state index contributed by atoms with van der Waals surface area (Å²) in [6.07, 6.45) is 1.06. The molecule has 0 aromatic heterocycles. The molecule has 0 radical (unpaired) electrons. The lowest BCUT2D eigenvalue weighted by atomic mass is 10.1. The Balaban J connectivity index is 3.08. The number of hydrogen-bond acceptors (Lipinski definition) is 3. The van der Waals surface area contributed by atoms with Crippen molar-refractivity contribution in [1.29, 1.82) is 0 Å². The van der Waals surface area contributed by atoms with Crippen LogP contribution < -0.4 is 11.1 Å². The second-order valence-electron chi connectivity index (χ2n) is 3.46. The van der Waals surface area contributed by atoms with Crippen LogP contribution in [0.2, 0.25) is 0 Å². The van der Waals surface area contributed by atoms with Gasteiger partial charge in [-0.1, -0.05) is 13.8 Å². The molecule has 0 saturated carbocycles. The normalized spacial score (nSPS) is 13.8. The number of nitrogens with two attached hydrogens (primary N) is 1. The summed E-state index contributed by atoms with van der Waals surface area (Å²) in [5.41, 5.74) is 5.84. The molecule has 0 aromatic rings. The summed E-state index contributed by atoms with van der Waals surface area (Å²) in [5.74, 6) is 0.555. The van der Waals surface area contributed by atoms with Crippen molar-refractivity contribution in [3.63, 3.8) is 0 Å². The average molecular weight is 174 g/mol. The number of methoxy groups -OCH3 is 1. The van der Waals surface area contributed by atoms with Crippen LogP contribution in [-0.4, -0.2) is 32.8 Å². The molecule has 74 valence electrons. The number of rotatable bonds is 7. The molecule has 1 unspecified atom stereocenters. The molecule has 0 aliphatic rings. The highest BCUT2D eigenvalue weighted by atomic mass is 16.5. The van der Waals surface area contributed by atoms with E-state index in [1.807, 2.05) is 0 Å². The van der Waals surface area contributed by atoms with E-state index in [0.29, 0.717) is 5.92 Å². The SMILES string of the molecule is COCCCNCC(N)C(C)C. The van der Waals surface area contributed by atoms with Gasteiger partial charge in [-0.2, -0.15) is 0 Å². The minimum absolute atomic E-state index is 0.271. The van der Waals surface area contributed by atoms with Gasteiger partial charge in [0.15, 0.2) is 0 Å². The topological polar surface area (TPSA) is 47.3 Å². The molecule has 3 heteroatoms. The Kier molecular flexibility index (Phi) is 7.45. The van der Waals surface area contributed by atoms with Gasteiger partial charge in [0, 0.05) is 26.3 Å². The van der Waals surface area contributed by atoms with E-state index in [1.54, 1.807) is 7.11 Å². The van der Waals surface area contributed by atoms with Gasteiger partial charge in [-0.05, 0) is 18.9 Å². The van der Waals surface area contributed by atoms with Crippen LogP contribution >= 0.6 is 0 Å². The van der Waals surface area contributed by atoms with Gasteiger partial charge in [0.1, 0.15) is 0 Å². The van der Waals surface area contributed by atoms with Crippen LogP contribution in [0.4, 0.5) is 0 Å². The van der Waals surface area contributed by atoms with Gasteiger partial charge in [-0.3, -0.25) is 0 Å². The van der Waals surface area contributed by atoms with E-state index in [1.165, 1.54) is 0 Å². The molecule has 1 atom stereocenters. The summed E-state index contributed by atoms with van der Waals surface area (Å²) in [6.45, 7) is 7.00. The summed E-state index contributed by atoms with van der Waals surface area (Å²) in [7, 11) is 1.72. The first-order valence-electron chi connectivity index (χ1n) is 4.63. The van der Waals surface area contributed by atoms with Crippen LogP contribution in [0.25, 0.3) is 0 Å². The zero-order valence-corrected chi connectivity index (χ0v) is 8.47. The van der Waals surface area contributed by atoms with Crippen molar-refractivity contribution >= 4 is 0 Å². The molecule has 0 heterocycles. The maximum Gasteiger partial charge on any atom is 0.0474 e. The van der Waals surface area contributed by atoms with Gasteiger partial charge < -0.3 is 15.8 Å². The van der Waals surface area contributed by atoms with E-state index in [-0.39, 0.29) is 6.04 Å². The third-order valence-electron chi connectivity index (χ3n) is 1.94. The van der Waals surface area contributed by atoms with Crippen molar-refractivity contribution in [3.8, 4) is 0 Å². The highest BCUT2D eigenvalue weighted by Gasteiger charge is 2.05. The van der Waals surface area contributed by atoms with Crippen molar-refractivity contribution in [2.24, 2.45) is 11.7 Å². The summed E-state index contributed by atoms with van der Waals surface area (Å²) >= 11 is 0. The van der Waals surface area contributed by atoms with Crippen molar-refractivity contribution < 1.29 is 4.74 Å². The van der Waals surface area contributed by atoms with E-state index in [2.05, 4.69) is 19.2 Å². The predicted molar refractivity (Wildman–Crippen MR) is 52.2 cm³/mol. The van der Waals surface area contributed by atoms with Crippen molar-refractivity contribution in [1.82, 2.24) is 5.32 Å². The fourth-order valence-corrected chi connectivity index (χ4v) is 0.846. The summed E-state index contributed by atoms with van der Waals surface area (Å²) in [4.78, 5) is 0. The van der Waals surface area contributed by atoms with Crippen molar-refractivity contribution in [3.05, 3.63) is 0 Å². The number of hydrogen-bond donors (Lipinski definition) is 2. The maximum atomic E-state index is 5.84. The molecule has 0 amide bonds. The fourth-order valence-electron chi connectivity index (χ4n) is 0.846. The molecule has 12 heavy (non-hydrogen) atoms. The molecular formula is C9H22N2O. The molecule has 0 fully saturated rings. The second-order valence-corrected chi connectivity index (χ2v) is 3.46. The third-order valence-corrected chi connectivity index (χ3v) is 1.94. The van der Waals surface area contributed by atoms with Gasteiger partial charge in [-0.15, -0.1) is 0 Å². The standard InChI is InChI=1S/C9H22N2O/c1-8(2)9(10)7-11-5-4-6-12-3/h8-9,11H,4-7,10H2,1-3H3. The van der Waals surface area contributed by atoms with Crippen LogP contribution in [0.5, 0.6) is 0 Å². The minimum atomic E-state index is 0.271. The fraction of sp³-hybridized carbons (Fsp3) is 1.00. The molecule has 0 bridgehead atoms. The Morgan fingerprint density at radius 3 is 2.58 bits per heavy atom. The molecule has 3 nitrogen and oxygen atoms in total. The van der Waals surface area contributed by atoms with Crippen LogP contribution in [-0.2, 0) is 4.74 Å². The van der Waals surface area contributed by atoms with E-state index in [9.17, 15) is 0 Å². The molecule has 0 aliphatic carbocycles. The first-order chi connectivity index (χ1) is 5.68. The lowest BCUT2D eigenvalue weighted by molar-refractivity contribution is 0.194. The second kappa shape index (κ2) is 7.53. The Bertz CT molecular complexity index is 96.5. The third kappa shape index (κ3) is 6.58. The van der Waals surface area contributed by atoms with Crippen LogP contribution in [0.15, 0.2) is 0 Å². The quantitative estimate of drug-likeness (QED) is 0.555. The zero-order valence-electron chi connectivity index (χ0n) is 8.47. The Hall–Kier alpha value is -0.120. The maximum absolute atomic E-state index is 5.84. The first kappa shape index (κ1) is 11.9. The van der Waals surface area contributed by atoms with Gasteiger partial charge in [-0.25, -0.2) is 0 Å². The van der Waals surface area contributed by atoms with E-state index < -0.39 is 0 Å². The molecular weight excluding hydrogens is 152 g/mol. The first-order valence-corrected chi connectivity index (χ1v) is 4.63. The van der Waals surface area contributed by atoms with E-state index in [4.69, 9.17) is 10.5 Å². The zero-order chi connectivity index (χ0) is 9.40. The highest BCUT2D eigenvalue weighted by molar-refractivity contribution is 4.67. The smallest absolute Gasteiger partial charge is 0.0474 e. The minimum Gasteiger partial charge on any atom is -0.385 e. The predicted octanol–water partition coefficient (Wildman–Crippen LogP) is 0.596. The average Bonchev–Trinajstić information content (AvgIpc) is 2.03. The number of ether oxygens (including phenoxy) is 1. The van der Waals surface area contributed by atoms with Crippen LogP contribution in [0.1, 0.15) is 20.3 Å². The summed E-state index contributed by atoms with van der Waals surface area (Å²) in [6, 6.07) is 0.271. The van der Waals surface area contributed by atoms with E-state index in [0.717, 1.165) is 26.1 Å². The molecule has 0 spiro atoms. The van der Waals surface area contributed by atoms with Gasteiger partial charge >= 0.3 is 0 Å². The molecule has 0 saturated heterocycles. The highest BCUT2D eigenvalue weighted by Crippen LogP contribution is 1.95. The Labute approximate surface area is 75.7 Å². The Morgan fingerprint density at radius 1 is 1.42 bits per heavy atom. The Morgan fingerprint density at radius 2 is 2.08 bits per heavy atom. The monoisotopic (exact) mass is 174 g/mol. The number of nitrogens with one attached hydrogen (secondary N) is 1. The molecule has 3 N–H and O–H groups in total. The summed E-state index contributed by atoms with van der Waals surface area (Å²) in [5, 5.41) is 3.30. The van der Waals surface area contributed by atoms with Crippen LogP contribution in [0.3, 0.4) is 0 Å². The van der Waals surface area contributed by atoms with Gasteiger partial charge in [0.2, 0.25) is 0 Å². The summed E-state index contributed by atoms with van der Waals surface area (Å²) < 4.78 is 4.93. The largest absolute Gasteiger partial charge is 0.385 e. The van der Waals surface area contributed by atoms with Gasteiger partial charge in [0.05, 0.1) is 0 Å². The molecule has 0 aliphatic heterocycles. The van der Waals surface area contributed by atoms with E-state index >= 15 is 0 Å². The molecule has 0 aromatic carbocycles. The lowest BCUT2D eigenvalue weighted by Crippen LogP contribution is -2.38. The van der Waals surface area contributed by atoms with Gasteiger partial charge in [0.25, 0.3) is 0 Å². The lowest BCUT2D eigenvalue weighted by Gasteiger charge is -2.15. The van der Waals surface area contributed by atoms with Crippen molar-refractivity contribution in [2.45, 2.75) is 26.3 Å².